The second-order valence-corrected chi connectivity index (χ2v) is 2.47. The normalized spacial score (nSPS) is 9.33. The standard InChI is InChI=1S/C3H4N4OSe/c4-2-1(3(5)8)6-9-7-2/h(H2,4,7)(H2,5,8). The topological polar surface area (TPSA) is 94.9 Å². The molecule has 0 atom stereocenters. The molecule has 1 heterocycles. The molecule has 0 spiro atoms. The van der Waals surface area contributed by atoms with E-state index in [4.69, 9.17) is 11.5 Å². The van der Waals surface area contributed by atoms with Crippen LogP contribution in [0.25, 0.3) is 0 Å². The van der Waals surface area contributed by atoms with Crippen LogP contribution in [0.15, 0.2) is 0 Å². The van der Waals surface area contributed by atoms with Crippen molar-refractivity contribution < 1.29 is 4.79 Å². The first kappa shape index (κ1) is 6.25. The van der Waals surface area contributed by atoms with Gasteiger partial charge in [-0.25, -0.2) is 0 Å². The summed E-state index contributed by atoms with van der Waals surface area (Å²) in [5, 5.41) is 0. The second kappa shape index (κ2) is 2.16. The van der Waals surface area contributed by atoms with Gasteiger partial charge in [0.15, 0.2) is 0 Å². The van der Waals surface area contributed by atoms with Gasteiger partial charge in [-0.05, 0) is 0 Å². The summed E-state index contributed by atoms with van der Waals surface area (Å²) >= 11 is -0.256. The molecule has 0 fully saturated rings. The van der Waals surface area contributed by atoms with E-state index in [0.717, 1.165) is 0 Å². The van der Waals surface area contributed by atoms with Crippen LogP contribution in [0, 0.1) is 0 Å². The van der Waals surface area contributed by atoms with Crippen LogP contribution >= 0.6 is 0 Å². The molecule has 1 amide bonds. The Balaban J connectivity index is 3.08. The quantitative estimate of drug-likeness (QED) is 0.512. The molecule has 1 aromatic heterocycles. The van der Waals surface area contributed by atoms with Crippen LogP contribution in [0.1, 0.15) is 10.5 Å². The number of hydrogen-bond acceptors (Lipinski definition) is 4. The number of nitrogens with two attached hydrogens (primary N) is 2. The fourth-order valence-corrected chi connectivity index (χ4v) is 1.37. The predicted molar refractivity (Wildman–Crippen MR) is 31.9 cm³/mol. The van der Waals surface area contributed by atoms with E-state index in [0.29, 0.717) is 0 Å². The predicted octanol–water partition coefficient (Wildman–Crippen LogP) is -1.79. The number of rotatable bonds is 1. The number of nitrogen functional groups attached to an aromatic ring is 1. The summed E-state index contributed by atoms with van der Waals surface area (Å²) in [4.78, 5) is 10.4. The number of anilines is 1. The van der Waals surface area contributed by atoms with Crippen LogP contribution in [-0.2, 0) is 0 Å². The number of carbonyl (C=O) groups is 1. The zero-order valence-electron chi connectivity index (χ0n) is 4.37. The summed E-state index contributed by atoms with van der Waals surface area (Å²) in [7, 11) is 0. The van der Waals surface area contributed by atoms with E-state index < -0.39 is 5.91 Å². The fraction of sp³-hybridized carbons (Fsp3) is 0. The molecule has 5 nitrogen and oxygen atoms in total. The van der Waals surface area contributed by atoms with E-state index in [1.165, 1.54) is 0 Å². The van der Waals surface area contributed by atoms with Crippen molar-refractivity contribution in [2.24, 2.45) is 5.73 Å². The van der Waals surface area contributed by atoms with E-state index in [1.807, 2.05) is 0 Å². The van der Waals surface area contributed by atoms with Crippen molar-refractivity contribution >= 4 is 26.7 Å². The molecule has 9 heavy (non-hydrogen) atoms. The maximum absolute atomic E-state index is 10.4. The molecular formula is C3H4N4OSe. The molecule has 48 valence electrons. The zero-order valence-corrected chi connectivity index (χ0v) is 6.08. The Labute approximate surface area is 57.3 Å². The van der Waals surface area contributed by atoms with Gasteiger partial charge in [0, 0.05) is 0 Å². The van der Waals surface area contributed by atoms with Crippen LogP contribution < -0.4 is 11.5 Å². The molecule has 0 aromatic carbocycles. The van der Waals surface area contributed by atoms with Crippen molar-refractivity contribution in [1.29, 1.82) is 0 Å². The Morgan fingerprint density at radius 2 is 2.22 bits per heavy atom. The summed E-state index contributed by atoms with van der Waals surface area (Å²) < 4.78 is 7.38. The molecule has 0 bridgehead atoms. The molecule has 0 saturated carbocycles. The van der Waals surface area contributed by atoms with Gasteiger partial charge in [-0.15, -0.1) is 0 Å². The van der Waals surface area contributed by atoms with Gasteiger partial charge in [-0.3, -0.25) is 0 Å². The molecule has 1 rings (SSSR count). The molecule has 0 aliphatic heterocycles. The van der Waals surface area contributed by atoms with Gasteiger partial charge in [0.05, 0.1) is 0 Å². The van der Waals surface area contributed by atoms with E-state index in [2.05, 4.69) is 7.96 Å². The number of amides is 1. The van der Waals surface area contributed by atoms with E-state index >= 15 is 0 Å². The Hall–Kier alpha value is -0.871. The molecule has 4 N–H and O–H groups in total. The molecule has 0 saturated heterocycles. The average molecular weight is 191 g/mol. The number of nitrogens with zero attached hydrogens (tertiary/aromatic N) is 2. The van der Waals surface area contributed by atoms with Gasteiger partial charge < -0.3 is 0 Å². The van der Waals surface area contributed by atoms with Crippen LogP contribution in [0.4, 0.5) is 5.82 Å². The number of aromatic nitrogens is 2. The van der Waals surface area contributed by atoms with Gasteiger partial charge in [0.2, 0.25) is 0 Å². The van der Waals surface area contributed by atoms with Crippen molar-refractivity contribution in [3.05, 3.63) is 5.69 Å². The van der Waals surface area contributed by atoms with Gasteiger partial charge in [0.1, 0.15) is 0 Å². The SMILES string of the molecule is NC(=O)c1n[se]nc1N. The van der Waals surface area contributed by atoms with Crippen molar-refractivity contribution in [3.63, 3.8) is 0 Å². The zero-order chi connectivity index (χ0) is 6.85. The van der Waals surface area contributed by atoms with E-state index in [9.17, 15) is 4.79 Å². The summed E-state index contributed by atoms with van der Waals surface area (Å²) in [6.45, 7) is 0. The Morgan fingerprint density at radius 1 is 1.56 bits per heavy atom. The third-order valence-electron chi connectivity index (χ3n) is 0.747. The fourth-order valence-electron chi connectivity index (χ4n) is 0.366. The van der Waals surface area contributed by atoms with Crippen molar-refractivity contribution in [2.45, 2.75) is 0 Å². The van der Waals surface area contributed by atoms with Gasteiger partial charge in [-0.1, -0.05) is 0 Å². The maximum atomic E-state index is 10.4. The minimum absolute atomic E-state index is 0.120. The third kappa shape index (κ3) is 1.09. The number of hydrogen-bond donors (Lipinski definition) is 2. The summed E-state index contributed by atoms with van der Waals surface area (Å²) in [6, 6.07) is 0. The van der Waals surface area contributed by atoms with Crippen LogP contribution in [0.5, 0.6) is 0 Å². The summed E-state index contributed by atoms with van der Waals surface area (Å²) in [6.07, 6.45) is 0. The monoisotopic (exact) mass is 192 g/mol. The molecule has 1 aromatic rings. The molecule has 0 aliphatic rings. The first-order chi connectivity index (χ1) is 4.22. The molecule has 0 aliphatic carbocycles. The first-order valence-electron chi connectivity index (χ1n) is 2.09. The average Bonchev–Trinajstić information content (AvgIpc) is 2.13. The van der Waals surface area contributed by atoms with Crippen molar-refractivity contribution in [3.8, 4) is 0 Å². The summed E-state index contributed by atoms with van der Waals surface area (Å²) in [5.41, 5.74) is 10.2. The van der Waals surface area contributed by atoms with Gasteiger partial charge in [0.25, 0.3) is 0 Å². The van der Waals surface area contributed by atoms with Gasteiger partial charge in [-0.2, -0.15) is 0 Å². The third-order valence-corrected chi connectivity index (χ3v) is 1.89. The van der Waals surface area contributed by atoms with Crippen LogP contribution in [0.3, 0.4) is 0 Å². The second-order valence-electron chi connectivity index (χ2n) is 1.36. The van der Waals surface area contributed by atoms with Crippen LogP contribution in [0.2, 0.25) is 0 Å². The van der Waals surface area contributed by atoms with Gasteiger partial charge >= 0.3 is 56.6 Å². The Kier molecular flexibility index (Phi) is 1.50. The van der Waals surface area contributed by atoms with Crippen LogP contribution in [-0.4, -0.2) is 28.8 Å². The summed E-state index contributed by atoms with van der Waals surface area (Å²) in [5.74, 6) is -0.432. The minimum atomic E-state index is -0.601. The van der Waals surface area contributed by atoms with E-state index in [-0.39, 0.29) is 26.5 Å². The first-order valence-corrected chi connectivity index (χ1v) is 3.63. The molecule has 0 radical (unpaired) electrons. The number of primary amides is 1. The molecular weight excluding hydrogens is 187 g/mol. The Morgan fingerprint density at radius 3 is 2.44 bits per heavy atom. The molecule has 0 unspecified atom stereocenters. The van der Waals surface area contributed by atoms with Crippen molar-refractivity contribution in [2.75, 3.05) is 5.73 Å². The number of carbonyl (C=O) groups excluding carboxylic acids is 1. The Bertz CT molecular complexity index is 231. The van der Waals surface area contributed by atoms with E-state index in [1.54, 1.807) is 0 Å². The van der Waals surface area contributed by atoms with Crippen molar-refractivity contribution in [1.82, 2.24) is 7.96 Å². The molecule has 6 heteroatoms.